The van der Waals surface area contributed by atoms with E-state index in [0.29, 0.717) is 6.04 Å². The fourth-order valence-corrected chi connectivity index (χ4v) is 1.58. The van der Waals surface area contributed by atoms with Crippen LogP contribution in [0.25, 0.3) is 0 Å². The fourth-order valence-electron chi connectivity index (χ4n) is 1.58. The molecule has 1 atom stereocenters. The molecule has 0 saturated carbocycles. The minimum Gasteiger partial charge on any atom is -0.318 e. The zero-order valence-electron chi connectivity index (χ0n) is 9.30. The van der Waals surface area contributed by atoms with Crippen LogP contribution in [-0.4, -0.2) is 20.6 Å². The molecule has 1 rings (SSSR count). The van der Waals surface area contributed by atoms with E-state index in [2.05, 4.69) is 41.8 Å². The summed E-state index contributed by atoms with van der Waals surface area (Å²) in [7, 11) is 3.97. The van der Waals surface area contributed by atoms with Crippen LogP contribution < -0.4 is 10.6 Å². The van der Waals surface area contributed by atoms with E-state index in [0.717, 1.165) is 13.0 Å². The second-order valence-electron chi connectivity index (χ2n) is 3.49. The van der Waals surface area contributed by atoms with Crippen LogP contribution >= 0.6 is 0 Å². The number of nitrogens with one attached hydrogen (secondary N) is 2. The molecule has 0 saturated heterocycles. The Morgan fingerprint density at radius 2 is 1.79 bits per heavy atom. The van der Waals surface area contributed by atoms with Crippen LogP contribution in [0.4, 0.5) is 0 Å². The molecule has 14 heavy (non-hydrogen) atoms. The van der Waals surface area contributed by atoms with Crippen molar-refractivity contribution in [1.29, 1.82) is 0 Å². The molecule has 1 aromatic rings. The molecule has 0 aliphatic heterocycles. The molecule has 2 nitrogen and oxygen atoms in total. The maximum absolute atomic E-state index is 3.29. The molecule has 78 valence electrons. The first kappa shape index (κ1) is 11.2. The Kier molecular flexibility index (Phi) is 4.63. The van der Waals surface area contributed by atoms with Crippen molar-refractivity contribution in [3.8, 4) is 0 Å². The maximum atomic E-state index is 3.29. The average Bonchev–Trinajstić information content (AvgIpc) is 2.26. The van der Waals surface area contributed by atoms with Gasteiger partial charge in [-0.25, -0.2) is 0 Å². The predicted octanol–water partition coefficient (Wildman–Crippen LogP) is 1.73. The lowest BCUT2D eigenvalue weighted by Gasteiger charge is -2.16. The third-order valence-corrected chi connectivity index (χ3v) is 2.55. The fraction of sp³-hybridized carbons (Fsp3) is 0.500. The zero-order valence-corrected chi connectivity index (χ0v) is 9.30. The number of rotatable bonds is 5. The van der Waals surface area contributed by atoms with Gasteiger partial charge in [-0.15, -0.1) is 0 Å². The van der Waals surface area contributed by atoms with Crippen molar-refractivity contribution >= 4 is 0 Å². The van der Waals surface area contributed by atoms with Crippen molar-refractivity contribution in [3.63, 3.8) is 0 Å². The number of aryl methyl sites for hydroxylation is 1. The van der Waals surface area contributed by atoms with Crippen molar-refractivity contribution in [1.82, 2.24) is 10.6 Å². The lowest BCUT2D eigenvalue weighted by molar-refractivity contribution is 0.558. The Morgan fingerprint density at radius 1 is 1.14 bits per heavy atom. The van der Waals surface area contributed by atoms with Gasteiger partial charge >= 0.3 is 0 Å². The van der Waals surface area contributed by atoms with Gasteiger partial charge in [-0.05, 0) is 31.6 Å². The normalized spacial score (nSPS) is 12.8. The van der Waals surface area contributed by atoms with E-state index in [1.54, 1.807) is 0 Å². The molecule has 0 spiro atoms. The van der Waals surface area contributed by atoms with Crippen LogP contribution in [0.1, 0.15) is 24.1 Å². The second kappa shape index (κ2) is 5.78. The SMILES string of the molecule is CCc1ccc(C(CNC)NC)cc1. The van der Waals surface area contributed by atoms with E-state index in [9.17, 15) is 0 Å². The first-order chi connectivity index (χ1) is 6.81. The standard InChI is InChI=1S/C12H20N2/c1-4-10-5-7-11(8-6-10)12(14-3)9-13-2/h5-8,12-14H,4,9H2,1-3H3. The molecule has 0 aliphatic carbocycles. The quantitative estimate of drug-likeness (QED) is 0.742. The van der Waals surface area contributed by atoms with Gasteiger partial charge in [0.1, 0.15) is 0 Å². The monoisotopic (exact) mass is 192 g/mol. The van der Waals surface area contributed by atoms with Crippen LogP contribution in [0.5, 0.6) is 0 Å². The van der Waals surface area contributed by atoms with E-state index in [4.69, 9.17) is 0 Å². The first-order valence-corrected chi connectivity index (χ1v) is 5.22. The van der Waals surface area contributed by atoms with Gasteiger partial charge in [-0.1, -0.05) is 31.2 Å². The second-order valence-corrected chi connectivity index (χ2v) is 3.49. The summed E-state index contributed by atoms with van der Waals surface area (Å²) in [6.07, 6.45) is 1.11. The third-order valence-electron chi connectivity index (χ3n) is 2.55. The van der Waals surface area contributed by atoms with Crippen molar-refractivity contribution in [2.45, 2.75) is 19.4 Å². The summed E-state index contributed by atoms with van der Waals surface area (Å²) in [6.45, 7) is 3.14. The Hall–Kier alpha value is -0.860. The molecule has 1 unspecified atom stereocenters. The molecule has 0 amide bonds. The molecular weight excluding hydrogens is 172 g/mol. The van der Waals surface area contributed by atoms with Crippen molar-refractivity contribution in [2.24, 2.45) is 0 Å². The summed E-state index contributed by atoms with van der Waals surface area (Å²) in [5, 5.41) is 6.48. The van der Waals surface area contributed by atoms with Gasteiger partial charge < -0.3 is 10.6 Å². The summed E-state index contributed by atoms with van der Waals surface area (Å²) in [6, 6.07) is 9.23. The van der Waals surface area contributed by atoms with Crippen LogP contribution in [0.2, 0.25) is 0 Å². The minimum atomic E-state index is 0.408. The first-order valence-electron chi connectivity index (χ1n) is 5.22. The van der Waals surface area contributed by atoms with E-state index < -0.39 is 0 Å². The predicted molar refractivity (Wildman–Crippen MR) is 61.5 cm³/mol. The van der Waals surface area contributed by atoms with Gasteiger partial charge in [-0.3, -0.25) is 0 Å². The molecule has 0 fully saturated rings. The van der Waals surface area contributed by atoms with Crippen LogP contribution in [0.15, 0.2) is 24.3 Å². The highest BCUT2D eigenvalue weighted by atomic mass is 14.9. The molecule has 0 heterocycles. The summed E-state index contributed by atoms with van der Waals surface area (Å²) in [5.41, 5.74) is 2.74. The smallest absolute Gasteiger partial charge is 0.0444 e. The third kappa shape index (κ3) is 2.82. The van der Waals surface area contributed by atoms with Crippen molar-refractivity contribution < 1.29 is 0 Å². The highest BCUT2D eigenvalue weighted by Crippen LogP contribution is 2.13. The lowest BCUT2D eigenvalue weighted by atomic mass is 10.0. The van der Waals surface area contributed by atoms with Crippen LogP contribution in [0, 0.1) is 0 Å². The van der Waals surface area contributed by atoms with Crippen molar-refractivity contribution in [2.75, 3.05) is 20.6 Å². The highest BCUT2D eigenvalue weighted by Gasteiger charge is 2.06. The van der Waals surface area contributed by atoms with Gasteiger partial charge in [-0.2, -0.15) is 0 Å². The average molecular weight is 192 g/mol. The number of hydrogen-bond donors (Lipinski definition) is 2. The van der Waals surface area contributed by atoms with Gasteiger partial charge in [0.25, 0.3) is 0 Å². The number of hydrogen-bond acceptors (Lipinski definition) is 2. The Balaban J connectivity index is 2.73. The summed E-state index contributed by atoms with van der Waals surface area (Å²) in [5.74, 6) is 0. The Morgan fingerprint density at radius 3 is 2.21 bits per heavy atom. The Labute approximate surface area is 86.7 Å². The van der Waals surface area contributed by atoms with E-state index in [1.807, 2.05) is 14.1 Å². The number of benzene rings is 1. The zero-order chi connectivity index (χ0) is 10.4. The summed E-state index contributed by atoms with van der Waals surface area (Å²) >= 11 is 0. The topological polar surface area (TPSA) is 24.1 Å². The van der Waals surface area contributed by atoms with Crippen molar-refractivity contribution in [3.05, 3.63) is 35.4 Å². The largest absolute Gasteiger partial charge is 0.318 e. The van der Waals surface area contributed by atoms with Crippen LogP contribution in [0.3, 0.4) is 0 Å². The van der Waals surface area contributed by atoms with Crippen LogP contribution in [-0.2, 0) is 6.42 Å². The molecule has 1 aromatic carbocycles. The highest BCUT2D eigenvalue weighted by molar-refractivity contribution is 5.25. The van der Waals surface area contributed by atoms with Gasteiger partial charge in [0.2, 0.25) is 0 Å². The molecular formula is C12H20N2. The van der Waals surface area contributed by atoms with Gasteiger partial charge in [0, 0.05) is 12.6 Å². The Bertz CT molecular complexity index is 254. The molecule has 2 heteroatoms. The molecule has 0 bridgehead atoms. The van der Waals surface area contributed by atoms with E-state index >= 15 is 0 Å². The lowest BCUT2D eigenvalue weighted by Crippen LogP contribution is -2.27. The van der Waals surface area contributed by atoms with Gasteiger partial charge in [0.05, 0.1) is 0 Å². The van der Waals surface area contributed by atoms with Gasteiger partial charge in [0.15, 0.2) is 0 Å². The maximum Gasteiger partial charge on any atom is 0.0444 e. The molecule has 0 radical (unpaired) electrons. The number of likely N-dealkylation sites (N-methyl/N-ethyl adjacent to an activating group) is 2. The molecule has 0 aromatic heterocycles. The molecule has 2 N–H and O–H groups in total. The summed E-state index contributed by atoms with van der Waals surface area (Å²) in [4.78, 5) is 0. The van der Waals surface area contributed by atoms with E-state index in [1.165, 1.54) is 11.1 Å². The molecule has 0 aliphatic rings. The van der Waals surface area contributed by atoms with E-state index in [-0.39, 0.29) is 0 Å². The minimum absolute atomic E-state index is 0.408. The summed E-state index contributed by atoms with van der Waals surface area (Å²) < 4.78 is 0.